The van der Waals surface area contributed by atoms with E-state index in [2.05, 4.69) is 24.0 Å². The largest absolute Gasteiger partial charge is 0.387 e. The van der Waals surface area contributed by atoms with Crippen LogP contribution in [0.5, 0.6) is 0 Å². The average molecular weight is 255 g/mol. The van der Waals surface area contributed by atoms with Crippen LogP contribution >= 0.6 is 0 Å². The van der Waals surface area contributed by atoms with Gasteiger partial charge in [0, 0.05) is 5.39 Å². The van der Waals surface area contributed by atoms with Gasteiger partial charge in [-0.05, 0) is 36.8 Å². The van der Waals surface area contributed by atoms with Crippen LogP contribution in [0.4, 0.5) is 0 Å². The third kappa shape index (κ3) is 2.64. The highest BCUT2D eigenvalue weighted by molar-refractivity contribution is 5.78. The van der Waals surface area contributed by atoms with Crippen LogP contribution in [0.25, 0.3) is 10.9 Å². The fraction of sp³-hybridized carbons (Fsp3) is 0.471. The van der Waals surface area contributed by atoms with E-state index in [1.807, 2.05) is 24.3 Å². The van der Waals surface area contributed by atoms with Crippen LogP contribution in [-0.4, -0.2) is 10.1 Å². The lowest BCUT2D eigenvalue weighted by Gasteiger charge is -2.30. The minimum atomic E-state index is -0.410. The fourth-order valence-electron chi connectivity index (χ4n) is 3.26. The molecule has 100 valence electrons. The summed E-state index contributed by atoms with van der Waals surface area (Å²) in [5.41, 5.74) is 1.81. The van der Waals surface area contributed by atoms with Gasteiger partial charge < -0.3 is 5.11 Å². The first-order valence-corrected chi connectivity index (χ1v) is 7.28. The van der Waals surface area contributed by atoms with Gasteiger partial charge in [0.25, 0.3) is 0 Å². The van der Waals surface area contributed by atoms with E-state index < -0.39 is 6.10 Å². The van der Waals surface area contributed by atoms with Crippen LogP contribution in [0.2, 0.25) is 0 Å². The number of para-hydroxylation sites is 1. The fourth-order valence-corrected chi connectivity index (χ4v) is 3.26. The Labute approximate surface area is 114 Å². The molecular formula is C17H21NO. The normalized spacial score (nSPS) is 25.4. The van der Waals surface area contributed by atoms with E-state index in [1.165, 1.54) is 12.8 Å². The first-order valence-electron chi connectivity index (χ1n) is 7.28. The number of pyridine rings is 1. The number of rotatable bonds is 2. The standard InChI is InChI=1S/C17H21NO/c1-12-5-4-7-14(11-12)17(19)16-10-9-13-6-2-3-8-15(13)18-16/h2-3,6,8-10,12,14,17,19H,4-5,7,11H2,1H3. The van der Waals surface area contributed by atoms with Crippen LogP contribution in [-0.2, 0) is 0 Å². The highest BCUT2D eigenvalue weighted by Crippen LogP contribution is 2.36. The van der Waals surface area contributed by atoms with Gasteiger partial charge in [0.1, 0.15) is 0 Å². The van der Waals surface area contributed by atoms with E-state index in [-0.39, 0.29) is 0 Å². The molecule has 1 aromatic carbocycles. The Morgan fingerprint density at radius 1 is 1.16 bits per heavy atom. The highest BCUT2D eigenvalue weighted by Gasteiger charge is 2.27. The van der Waals surface area contributed by atoms with Crippen LogP contribution in [0, 0.1) is 11.8 Å². The Kier molecular flexibility index (Phi) is 3.52. The lowest BCUT2D eigenvalue weighted by Crippen LogP contribution is -2.20. The van der Waals surface area contributed by atoms with E-state index in [0.717, 1.165) is 35.4 Å². The van der Waals surface area contributed by atoms with Crippen molar-refractivity contribution >= 4 is 10.9 Å². The quantitative estimate of drug-likeness (QED) is 0.876. The van der Waals surface area contributed by atoms with Gasteiger partial charge in [-0.1, -0.05) is 44.0 Å². The molecule has 0 amide bonds. The monoisotopic (exact) mass is 255 g/mol. The molecule has 2 nitrogen and oxygen atoms in total. The van der Waals surface area contributed by atoms with Crippen molar-refractivity contribution in [1.29, 1.82) is 0 Å². The summed E-state index contributed by atoms with van der Waals surface area (Å²) < 4.78 is 0. The van der Waals surface area contributed by atoms with Crippen molar-refractivity contribution in [2.75, 3.05) is 0 Å². The first kappa shape index (κ1) is 12.6. The number of aliphatic hydroxyl groups is 1. The number of aliphatic hydroxyl groups excluding tert-OH is 1. The van der Waals surface area contributed by atoms with Crippen LogP contribution < -0.4 is 0 Å². The summed E-state index contributed by atoms with van der Waals surface area (Å²) in [7, 11) is 0. The summed E-state index contributed by atoms with van der Waals surface area (Å²) in [6, 6.07) is 12.1. The number of hydrogen-bond donors (Lipinski definition) is 1. The predicted octanol–water partition coefficient (Wildman–Crippen LogP) is 4.09. The predicted molar refractivity (Wildman–Crippen MR) is 77.8 cm³/mol. The summed E-state index contributed by atoms with van der Waals surface area (Å²) >= 11 is 0. The summed E-state index contributed by atoms with van der Waals surface area (Å²) in [6.07, 6.45) is 4.37. The van der Waals surface area contributed by atoms with E-state index in [4.69, 9.17) is 0 Å². The second kappa shape index (κ2) is 5.30. The summed E-state index contributed by atoms with van der Waals surface area (Å²) in [5.74, 6) is 1.10. The molecule has 0 saturated heterocycles. The summed E-state index contributed by atoms with van der Waals surface area (Å²) in [4.78, 5) is 4.63. The first-order chi connectivity index (χ1) is 9.24. The Hall–Kier alpha value is -1.41. The van der Waals surface area contributed by atoms with Crippen molar-refractivity contribution in [3.8, 4) is 0 Å². The van der Waals surface area contributed by atoms with Gasteiger partial charge in [-0.25, -0.2) is 0 Å². The number of fused-ring (bicyclic) bond motifs is 1. The number of benzene rings is 1. The second-order valence-electron chi connectivity index (χ2n) is 5.91. The number of hydrogen-bond acceptors (Lipinski definition) is 2. The molecule has 0 bridgehead atoms. The molecule has 2 heteroatoms. The van der Waals surface area contributed by atoms with Gasteiger partial charge in [-0.3, -0.25) is 4.98 Å². The van der Waals surface area contributed by atoms with Crippen molar-refractivity contribution in [2.24, 2.45) is 11.8 Å². The van der Waals surface area contributed by atoms with E-state index in [9.17, 15) is 5.11 Å². The maximum Gasteiger partial charge on any atom is 0.0988 e. The molecule has 1 aromatic heterocycles. The lowest BCUT2D eigenvalue weighted by atomic mass is 9.79. The van der Waals surface area contributed by atoms with Gasteiger partial charge in [0.05, 0.1) is 17.3 Å². The molecule has 19 heavy (non-hydrogen) atoms. The number of aromatic nitrogens is 1. The van der Waals surface area contributed by atoms with Gasteiger partial charge in [-0.2, -0.15) is 0 Å². The lowest BCUT2D eigenvalue weighted by molar-refractivity contribution is 0.0683. The molecule has 3 rings (SSSR count). The Balaban J connectivity index is 1.86. The van der Waals surface area contributed by atoms with Crippen molar-refractivity contribution in [3.05, 3.63) is 42.1 Å². The molecule has 2 aromatic rings. The maximum absolute atomic E-state index is 10.6. The topological polar surface area (TPSA) is 33.1 Å². The van der Waals surface area contributed by atoms with Gasteiger partial charge in [0.15, 0.2) is 0 Å². The van der Waals surface area contributed by atoms with E-state index in [0.29, 0.717) is 5.92 Å². The Morgan fingerprint density at radius 2 is 2.00 bits per heavy atom. The molecule has 1 aliphatic carbocycles. The molecule has 3 atom stereocenters. The SMILES string of the molecule is CC1CCCC(C(O)c2ccc3ccccc3n2)C1. The smallest absolute Gasteiger partial charge is 0.0988 e. The zero-order valence-corrected chi connectivity index (χ0v) is 11.4. The summed E-state index contributed by atoms with van der Waals surface area (Å²) in [5, 5.41) is 11.7. The molecule has 0 radical (unpaired) electrons. The van der Waals surface area contributed by atoms with Crippen LogP contribution in [0.3, 0.4) is 0 Å². The van der Waals surface area contributed by atoms with E-state index >= 15 is 0 Å². The molecule has 1 fully saturated rings. The van der Waals surface area contributed by atoms with Gasteiger partial charge >= 0.3 is 0 Å². The van der Waals surface area contributed by atoms with E-state index in [1.54, 1.807) is 0 Å². The minimum Gasteiger partial charge on any atom is -0.387 e. The molecular weight excluding hydrogens is 234 g/mol. The number of nitrogens with zero attached hydrogens (tertiary/aromatic N) is 1. The second-order valence-corrected chi connectivity index (χ2v) is 5.91. The Morgan fingerprint density at radius 3 is 2.84 bits per heavy atom. The van der Waals surface area contributed by atoms with Gasteiger partial charge in [-0.15, -0.1) is 0 Å². The van der Waals surface area contributed by atoms with Crippen molar-refractivity contribution < 1.29 is 5.11 Å². The zero-order chi connectivity index (χ0) is 13.2. The van der Waals surface area contributed by atoms with Crippen LogP contribution in [0.1, 0.15) is 44.4 Å². The third-order valence-corrected chi connectivity index (χ3v) is 4.35. The summed E-state index contributed by atoms with van der Waals surface area (Å²) in [6.45, 7) is 2.28. The Bertz CT molecular complexity index is 566. The molecule has 0 aliphatic heterocycles. The molecule has 3 unspecified atom stereocenters. The molecule has 1 N–H and O–H groups in total. The molecule has 1 aliphatic rings. The van der Waals surface area contributed by atoms with Gasteiger partial charge in [0.2, 0.25) is 0 Å². The molecule has 0 spiro atoms. The minimum absolute atomic E-state index is 0.373. The maximum atomic E-state index is 10.6. The van der Waals surface area contributed by atoms with Crippen molar-refractivity contribution in [3.63, 3.8) is 0 Å². The average Bonchev–Trinajstić information content (AvgIpc) is 2.46. The zero-order valence-electron chi connectivity index (χ0n) is 11.4. The molecule has 1 saturated carbocycles. The highest BCUT2D eigenvalue weighted by atomic mass is 16.3. The molecule has 1 heterocycles. The third-order valence-electron chi connectivity index (χ3n) is 4.35. The van der Waals surface area contributed by atoms with Crippen molar-refractivity contribution in [2.45, 2.75) is 38.7 Å². The van der Waals surface area contributed by atoms with Crippen LogP contribution in [0.15, 0.2) is 36.4 Å². The van der Waals surface area contributed by atoms with Crippen molar-refractivity contribution in [1.82, 2.24) is 4.98 Å².